The number of hydrogen-bond acceptors (Lipinski definition) is 3. The first-order valence-corrected chi connectivity index (χ1v) is 11.3. The minimum Gasteiger partial charge on any atom is -0.496 e. The minimum atomic E-state index is -3.75. The van der Waals surface area contributed by atoms with E-state index in [2.05, 4.69) is 15.9 Å². The topological polar surface area (TPSA) is 46.6 Å². The molecule has 0 saturated carbocycles. The van der Waals surface area contributed by atoms with Gasteiger partial charge in [0.1, 0.15) is 5.75 Å². The van der Waals surface area contributed by atoms with E-state index in [9.17, 15) is 8.42 Å². The summed E-state index contributed by atoms with van der Waals surface area (Å²) in [5, 5.41) is 0. The summed E-state index contributed by atoms with van der Waals surface area (Å²) >= 11 is 3.54. The highest BCUT2D eigenvalue weighted by molar-refractivity contribution is 9.15. The van der Waals surface area contributed by atoms with Gasteiger partial charge in [0, 0.05) is 16.2 Å². The zero-order chi connectivity index (χ0) is 20.9. The first-order chi connectivity index (χ1) is 13.9. The average Bonchev–Trinajstić information content (AvgIpc) is 2.74. The summed E-state index contributed by atoms with van der Waals surface area (Å²) in [5.41, 5.74) is 2.66. The highest BCUT2D eigenvalue weighted by Gasteiger charge is 2.23. The molecule has 0 unspecified atom stereocenters. The van der Waals surface area contributed by atoms with Gasteiger partial charge in [-0.25, -0.2) is 8.42 Å². The number of sulfonamides is 1. The standard InChI is InChI=1S/C23H22BrNO3S/c1-18-12-14-20(15-13-18)29(26,27)25(16-19-8-4-3-5-9-19)17-22(24)21-10-6-7-11-23(21)28-2/h3-15,17H,16H2,1-2H3/b22-17+. The Labute approximate surface area is 180 Å². The number of benzene rings is 3. The second-order valence-corrected chi connectivity index (χ2v) is 9.27. The van der Waals surface area contributed by atoms with Gasteiger partial charge in [-0.2, -0.15) is 0 Å². The molecule has 3 aromatic rings. The number of para-hydroxylation sites is 1. The van der Waals surface area contributed by atoms with Gasteiger partial charge in [0.05, 0.1) is 18.6 Å². The first-order valence-electron chi connectivity index (χ1n) is 9.05. The van der Waals surface area contributed by atoms with E-state index in [0.717, 1.165) is 16.7 Å². The van der Waals surface area contributed by atoms with Gasteiger partial charge in [-0.3, -0.25) is 4.31 Å². The quantitative estimate of drug-likeness (QED) is 0.451. The van der Waals surface area contributed by atoms with Gasteiger partial charge in [0.15, 0.2) is 0 Å². The highest BCUT2D eigenvalue weighted by Crippen LogP contribution is 2.32. The lowest BCUT2D eigenvalue weighted by Gasteiger charge is -2.22. The Morgan fingerprint density at radius 1 is 0.966 bits per heavy atom. The van der Waals surface area contributed by atoms with Crippen LogP contribution in [0.1, 0.15) is 16.7 Å². The molecular weight excluding hydrogens is 450 g/mol. The Kier molecular flexibility index (Phi) is 6.77. The molecule has 29 heavy (non-hydrogen) atoms. The van der Waals surface area contributed by atoms with Crippen LogP contribution in [0.25, 0.3) is 4.48 Å². The van der Waals surface area contributed by atoms with Crippen LogP contribution in [0.15, 0.2) is 90.0 Å². The van der Waals surface area contributed by atoms with Crippen LogP contribution in [0.4, 0.5) is 0 Å². The van der Waals surface area contributed by atoms with E-state index in [-0.39, 0.29) is 11.4 Å². The molecule has 0 heterocycles. The van der Waals surface area contributed by atoms with E-state index < -0.39 is 10.0 Å². The lowest BCUT2D eigenvalue weighted by Crippen LogP contribution is -2.26. The van der Waals surface area contributed by atoms with Gasteiger partial charge in [0.25, 0.3) is 10.0 Å². The van der Waals surface area contributed by atoms with Crippen LogP contribution in [-0.2, 0) is 16.6 Å². The molecule has 6 heteroatoms. The molecule has 0 aliphatic carbocycles. The molecule has 0 aromatic heterocycles. The molecule has 3 aromatic carbocycles. The van der Waals surface area contributed by atoms with Crippen molar-refractivity contribution in [2.45, 2.75) is 18.4 Å². The molecule has 150 valence electrons. The maximum absolute atomic E-state index is 13.4. The van der Waals surface area contributed by atoms with Crippen LogP contribution in [0.2, 0.25) is 0 Å². The van der Waals surface area contributed by atoms with Gasteiger partial charge in [0.2, 0.25) is 0 Å². The molecule has 0 saturated heterocycles. The number of aryl methyl sites for hydroxylation is 1. The molecular formula is C23H22BrNO3S. The molecule has 0 aliphatic rings. The fraction of sp³-hybridized carbons (Fsp3) is 0.130. The van der Waals surface area contributed by atoms with E-state index in [4.69, 9.17) is 4.74 Å². The summed E-state index contributed by atoms with van der Waals surface area (Å²) in [6.07, 6.45) is 1.60. The van der Waals surface area contributed by atoms with Crippen molar-refractivity contribution < 1.29 is 13.2 Å². The van der Waals surface area contributed by atoms with E-state index in [1.165, 1.54) is 4.31 Å². The Bertz CT molecular complexity index is 1090. The Morgan fingerprint density at radius 2 is 1.59 bits per heavy atom. The molecule has 0 radical (unpaired) electrons. The monoisotopic (exact) mass is 471 g/mol. The van der Waals surface area contributed by atoms with Gasteiger partial charge in [-0.05, 0) is 46.6 Å². The lowest BCUT2D eigenvalue weighted by atomic mass is 10.2. The zero-order valence-corrected chi connectivity index (χ0v) is 18.7. The fourth-order valence-corrected chi connectivity index (χ4v) is 4.87. The van der Waals surface area contributed by atoms with Gasteiger partial charge >= 0.3 is 0 Å². The van der Waals surface area contributed by atoms with E-state index >= 15 is 0 Å². The third kappa shape index (κ3) is 5.08. The summed E-state index contributed by atoms with van der Waals surface area (Å²) in [6.45, 7) is 2.14. The number of nitrogens with zero attached hydrogens (tertiary/aromatic N) is 1. The number of methoxy groups -OCH3 is 1. The van der Waals surface area contributed by atoms with Crippen molar-refractivity contribution in [3.8, 4) is 5.75 Å². The van der Waals surface area contributed by atoms with Crippen LogP contribution >= 0.6 is 15.9 Å². The van der Waals surface area contributed by atoms with Crippen molar-refractivity contribution in [1.29, 1.82) is 0 Å². The predicted molar refractivity (Wildman–Crippen MR) is 120 cm³/mol. The number of ether oxygens (including phenoxy) is 1. The normalized spacial score (nSPS) is 11.9. The lowest BCUT2D eigenvalue weighted by molar-refractivity contribution is 0.413. The molecule has 0 spiro atoms. The molecule has 0 bridgehead atoms. The van der Waals surface area contributed by atoms with Crippen molar-refractivity contribution in [2.75, 3.05) is 7.11 Å². The number of halogens is 1. The average molecular weight is 472 g/mol. The third-order valence-corrected chi connectivity index (χ3v) is 6.78. The largest absolute Gasteiger partial charge is 0.496 e. The van der Waals surface area contributed by atoms with Gasteiger partial charge in [-0.1, -0.05) is 66.2 Å². The van der Waals surface area contributed by atoms with Gasteiger partial charge < -0.3 is 4.74 Å². The predicted octanol–water partition coefficient (Wildman–Crippen LogP) is 5.59. The van der Waals surface area contributed by atoms with Gasteiger partial charge in [-0.15, -0.1) is 0 Å². The smallest absolute Gasteiger partial charge is 0.264 e. The minimum absolute atomic E-state index is 0.210. The fourth-order valence-electron chi connectivity index (χ4n) is 2.85. The van der Waals surface area contributed by atoms with Crippen LogP contribution < -0.4 is 4.74 Å². The molecule has 3 rings (SSSR count). The molecule has 0 fully saturated rings. The highest BCUT2D eigenvalue weighted by atomic mass is 79.9. The molecule has 0 aliphatic heterocycles. The van der Waals surface area contributed by atoms with Crippen molar-refractivity contribution in [3.63, 3.8) is 0 Å². The van der Waals surface area contributed by atoms with Crippen molar-refractivity contribution >= 4 is 30.4 Å². The first kappa shape index (κ1) is 21.1. The van der Waals surface area contributed by atoms with Crippen molar-refractivity contribution in [3.05, 3.63) is 102 Å². The van der Waals surface area contributed by atoms with Crippen molar-refractivity contribution in [2.24, 2.45) is 0 Å². The molecule has 0 N–H and O–H groups in total. The summed E-state index contributed by atoms with van der Waals surface area (Å²) in [6, 6.07) is 23.8. The number of hydrogen-bond donors (Lipinski definition) is 0. The Hall–Kier alpha value is -2.57. The summed E-state index contributed by atoms with van der Waals surface area (Å²) in [4.78, 5) is 0.246. The summed E-state index contributed by atoms with van der Waals surface area (Å²) in [7, 11) is -2.17. The molecule has 4 nitrogen and oxygen atoms in total. The van der Waals surface area contributed by atoms with Crippen LogP contribution in [-0.4, -0.2) is 19.8 Å². The van der Waals surface area contributed by atoms with Crippen LogP contribution in [0, 0.1) is 6.92 Å². The zero-order valence-electron chi connectivity index (χ0n) is 16.2. The summed E-state index contributed by atoms with van der Waals surface area (Å²) < 4.78 is 34.2. The maximum Gasteiger partial charge on any atom is 0.264 e. The van der Waals surface area contributed by atoms with Crippen molar-refractivity contribution in [1.82, 2.24) is 4.31 Å². The second kappa shape index (κ2) is 9.29. The maximum atomic E-state index is 13.4. The number of rotatable bonds is 7. The van der Waals surface area contributed by atoms with E-state index in [0.29, 0.717) is 10.2 Å². The Balaban J connectivity index is 2.06. The summed E-state index contributed by atoms with van der Waals surface area (Å²) in [5.74, 6) is 0.656. The molecule has 0 atom stereocenters. The van der Waals surface area contributed by atoms with Crippen LogP contribution in [0.3, 0.4) is 0 Å². The third-order valence-electron chi connectivity index (χ3n) is 4.43. The van der Waals surface area contributed by atoms with E-state index in [1.807, 2.05) is 61.5 Å². The Morgan fingerprint density at radius 3 is 2.24 bits per heavy atom. The van der Waals surface area contributed by atoms with Crippen LogP contribution in [0.5, 0.6) is 5.75 Å². The second-order valence-electron chi connectivity index (χ2n) is 6.53. The van der Waals surface area contributed by atoms with E-state index in [1.54, 1.807) is 37.6 Å². The molecule has 0 amide bonds. The SMILES string of the molecule is COc1ccccc1/C(Br)=C\N(Cc1ccccc1)S(=O)(=O)c1ccc(C)cc1.